The first-order valence-corrected chi connectivity index (χ1v) is 9.56. The van der Waals surface area contributed by atoms with Crippen molar-refractivity contribution in [2.75, 3.05) is 20.6 Å². The van der Waals surface area contributed by atoms with Gasteiger partial charge in [0.2, 0.25) is 0 Å². The molecule has 0 aliphatic rings. The zero-order valence-corrected chi connectivity index (χ0v) is 16.9. The first-order valence-electron chi connectivity index (χ1n) is 8.77. The van der Waals surface area contributed by atoms with E-state index < -0.39 is 5.60 Å². The predicted octanol–water partition coefficient (Wildman–Crippen LogP) is 4.08. The van der Waals surface area contributed by atoms with Gasteiger partial charge in [0.15, 0.2) is 0 Å². The van der Waals surface area contributed by atoms with Crippen LogP contribution in [-0.2, 0) is 18.6 Å². The highest BCUT2D eigenvalue weighted by Crippen LogP contribution is 2.37. The Morgan fingerprint density at radius 3 is 2.32 bits per heavy atom. The molecule has 136 valence electrons. The van der Waals surface area contributed by atoms with Gasteiger partial charge in [-0.1, -0.05) is 53.2 Å². The van der Waals surface area contributed by atoms with Gasteiger partial charge in [-0.15, -0.1) is 0 Å². The fourth-order valence-electron chi connectivity index (χ4n) is 3.20. The summed E-state index contributed by atoms with van der Waals surface area (Å²) in [7, 11) is 4.07. The van der Waals surface area contributed by atoms with Crippen LogP contribution in [0.3, 0.4) is 0 Å². The Labute approximate surface area is 159 Å². The highest BCUT2D eigenvalue weighted by molar-refractivity contribution is 9.10. The summed E-state index contributed by atoms with van der Waals surface area (Å²) in [5, 5.41) is 21.5. The molecule has 0 saturated carbocycles. The molecule has 0 bridgehead atoms. The minimum Gasteiger partial charge on any atom is -0.392 e. The first-order chi connectivity index (χ1) is 11.9. The number of aliphatic hydroxyl groups is 2. The van der Waals surface area contributed by atoms with Crippen LogP contribution in [0, 0.1) is 0 Å². The third-order valence-corrected chi connectivity index (χ3v) is 5.16. The van der Waals surface area contributed by atoms with Crippen LogP contribution in [0.4, 0.5) is 0 Å². The lowest BCUT2D eigenvalue weighted by molar-refractivity contribution is 0.0641. The number of hydrogen-bond acceptors (Lipinski definition) is 3. The van der Waals surface area contributed by atoms with Gasteiger partial charge in [0.1, 0.15) is 5.60 Å². The Hall–Kier alpha value is -1.20. The standard InChI is InChI=1S/C21H28BrNO2/c1-4-16-6-8-18(9-7-16)21(25,12-5-13-23(2)3)20-11-10-19(22)14-17(20)15-24/h6-11,14,24-25H,4-5,12-13,15H2,1-3H3. The van der Waals surface area contributed by atoms with Gasteiger partial charge in [-0.3, -0.25) is 0 Å². The number of aliphatic hydroxyl groups excluding tert-OH is 1. The van der Waals surface area contributed by atoms with Gasteiger partial charge in [0.25, 0.3) is 0 Å². The summed E-state index contributed by atoms with van der Waals surface area (Å²) in [6, 6.07) is 13.9. The van der Waals surface area contributed by atoms with E-state index in [0.29, 0.717) is 6.42 Å². The Balaban J connectivity index is 2.47. The summed E-state index contributed by atoms with van der Waals surface area (Å²) in [6.07, 6.45) is 2.44. The topological polar surface area (TPSA) is 43.7 Å². The molecule has 25 heavy (non-hydrogen) atoms. The molecule has 2 N–H and O–H groups in total. The van der Waals surface area contributed by atoms with Crippen molar-refractivity contribution in [3.63, 3.8) is 0 Å². The van der Waals surface area contributed by atoms with Crippen LogP contribution in [0.1, 0.15) is 42.0 Å². The first kappa shape index (κ1) is 20.1. The molecule has 0 spiro atoms. The fraction of sp³-hybridized carbons (Fsp3) is 0.429. The largest absolute Gasteiger partial charge is 0.392 e. The maximum absolute atomic E-state index is 11.7. The summed E-state index contributed by atoms with van der Waals surface area (Å²) < 4.78 is 0.900. The van der Waals surface area contributed by atoms with E-state index in [-0.39, 0.29) is 6.61 Å². The second-order valence-electron chi connectivity index (χ2n) is 6.78. The minimum absolute atomic E-state index is 0.0994. The van der Waals surface area contributed by atoms with Crippen molar-refractivity contribution in [2.24, 2.45) is 0 Å². The van der Waals surface area contributed by atoms with E-state index in [0.717, 1.165) is 40.5 Å². The normalized spacial score (nSPS) is 13.9. The molecule has 2 aromatic carbocycles. The third-order valence-electron chi connectivity index (χ3n) is 4.67. The van der Waals surface area contributed by atoms with Crippen molar-refractivity contribution in [1.29, 1.82) is 0 Å². The zero-order valence-electron chi connectivity index (χ0n) is 15.3. The van der Waals surface area contributed by atoms with Crippen LogP contribution in [-0.4, -0.2) is 35.8 Å². The molecule has 0 aliphatic carbocycles. The molecular weight excluding hydrogens is 378 g/mol. The number of halogens is 1. The average molecular weight is 406 g/mol. The summed E-state index contributed by atoms with van der Waals surface area (Å²) in [4.78, 5) is 2.12. The molecule has 1 atom stereocenters. The van der Waals surface area contributed by atoms with Crippen LogP contribution in [0.25, 0.3) is 0 Å². The highest BCUT2D eigenvalue weighted by atomic mass is 79.9. The molecule has 0 fully saturated rings. The van der Waals surface area contributed by atoms with Crippen LogP contribution < -0.4 is 0 Å². The van der Waals surface area contributed by atoms with Crippen LogP contribution in [0.5, 0.6) is 0 Å². The van der Waals surface area contributed by atoms with Crippen LogP contribution in [0.15, 0.2) is 46.9 Å². The van der Waals surface area contributed by atoms with Gasteiger partial charge < -0.3 is 15.1 Å². The number of aryl methyl sites for hydroxylation is 1. The van der Waals surface area contributed by atoms with Crippen molar-refractivity contribution in [1.82, 2.24) is 4.90 Å². The monoisotopic (exact) mass is 405 g/mol. The van der Waals surface area contributed by atoms with Gasteiger partial charge in [0.05, 0.1) is 6.61 Å². The molecule has 0 aliphatic heterocycles. The lowest BCUT2D eigenvalue weighted by Crippen LogP contribution is -2.30. The maximum atomic E-state index is 11.7. The van der Waals surface area contributed by atoms with Crippen molar-refractivity contribution < 1.29 is 10.2 Å². The molecule has 0 aromatic heterocycles. The van der Waals surface area contributed by atoms with Gasteiger partial charge in [-0.25, -0.2) is 0 Å². The molecule has 0 saturated heterocycles. The van der Waals surface area contributed by atoms with E-state index in [2.05, 4.69) is 39.9 Å². The van der Waals surface area contributed by atoms with E-state index in [1.54, 1.807) is 0 Å². The predicted molar refractivity (Wildman–Crippen MR) is 107 cm³/mol. The molecule has 0 radical (unpaired) electrons. The summed E-state index contributed by atoms with van der Waals surface area (Å²) in [5.41, 5.74) is 2.54. The number of rotatable bonds is 8. The lowest BCUT2D eigenvalue weighted by Gasteiger charge is -2.32. The van der Waals surface area contributed by atoms with Crippen LogP contribution in [0.2, 0.25) is 0 Å². The van der Waals surface area contributed by atoms with Gasteiger partial charge >= 0.3 is 0 Å². The molecule has 3 nitrogen and oxygen atoms in total. The SMILES string of the molecule is CCc1ccc(C(O)(CCCN(C)C)c2ccc(Br)cc2CO)cc1. The third kappa shape index (κ3) is 4.91. The quantitative estimate of drug-likeness (QED) is 0.694. The maximum Gasteiger partial charge on any atom is 0.115 e. The molecule has 1 unspecified atom stereocenters. The zero-order chi connectivity index (χ0) is 18.4. The van der Waals surface area contributed by atoms with Crippen molar-refractivity contribution in [3.05, 3.63) is 69.2 Å². The Morgan fingerprint density at radius 2 is 1.76 bits per heavy atom. The Morgan fingerprint density at radius 1 is 1.08 bits per heavy atom. The molecule has 0 heterocycles. The fourth-order valence-corrected chi connectivity index (χ4v) is 3.61. The number of hydrogen-bond donors (Lipinski definition) is 2. The van der Waals surface area contributed by atoms with Crippen molar-refractivity contribution in [3.8, 4) is 0 Å². The van der Waals surface area contributed by atoms with E-state index in [1.807, 2.05) is 44.4 Å². The summed E-state index contributed by atoms with van der Waals surface area (Å²) >= 11 is 3.45. The number of nitrogens with zero attached hydrogens (tertiary/aromatic N) is 1. The van der Waals surface area contributed by atoms with Gasteiger partial charge in [-0.2, -0.15) is 0 Å². The Bertz CT molecular complexity index is 685. The molecule has 4 heteroatoms. The summed E-state index contributed by atoms with van der Waals surface area (Å²) in [5.74, 6) is 0. The summed E-state index contributed by atoms with van der Waals surface area (Å²) in [6.45, 7) is 2.93. The number of benzene rings is 2. The molecular formula is C21H28BrNO2. The van der Waals surface area contributed by atoms with Crippen molar-refractivity contribution >= 4 is 15.9 Å². The van der Waals surface area contributed by atoms with Gasteiger partial charge in [0, 0.05) is 4.47 Å². The van der Waals surface area contributed by atoms with E-state index in [9.17, 15) is 10.2 Å². The second-order valence-corrected chi connectivity index (χ2v) is 7.69. The molecule has 2 aromatic rings. The highest BCUT2D eigenvalue weighted by Gasteiger charge is 2.33. The molecule has 0 amide bonds. The molecule has 2 rings (SSSR count). The van der Waals surface area contributed by atoms with E-state index in [1.165, 1.54) is 5.56 Å². The van der Waals surface area contributed by atoms with E-state index >= 15 is 0 Å². The lowest BCUT2D eigenvalue weighted by atomic mass is 9.80. The average Bonchev–Trinajstić information content (AvgIpc) is 2.61. The minimum atomic E-state index is -1.11. The second kappa shape index (κ2) is 8.95. The smallest absolute Gasteiger partial charge is 0.115 e. The van der Waals surface area contributed by atoms with Gasteiger partial charge in [-0.05, 0) is 74.3 Å². The Kier molecular flexibility index (Phi) is 7.20. The van der Waals surface area contributed by atoms with E-state index in [4.69, 9.17) is 0 Å². The van der Waals surface area contributed by atoms with Crippen molar-refractivity contribution in [2.45, 2.75) is 38.4 Å². The van der Waals surface area contributed by atoms with Crippen LogP contribution >= 0.6 is 15.9 Å².